The predicted octanol–water partition coefficient (Wildman–Crippen LogP) is 2.67. The van der Waals surface area contributed by atoms with Crippen molar-refractivity contribution in [2.75, 3.05) is 27.3 Å². The van der Waals surface area contributed by atoms with Gasteiger partial charge in [0.15, 0.2) is 0 Å². The summed E-state index contributed by atoms with van der Waals surface area (Å²) in [5, 5.41) is 3.18. The molecule has 29 heavy (non-hydrogen) atoms. The van der Waals surface area contributed by atoms with Gasteiger partial charge in [-0.25, -0.2) is 4.79 Å². The number of esters is 1. The number of allylic oxidation sites excluding steroid dienone is 2. The number of fused-ring (bicyclic) bond motifs is 1. The number of hydrogen-bond donors (Lipinski definition) is 1. The first-order valence-electron chi connectivity index (χ1n) is 10.6. The van der Waals surface area contributed by atoms with E-state index in [1.807, 2.05) is 12.2 Å². The number of hydrogen-bond acceptors (Lipinski definition) is 5. The van der Waals surface area contributed by atoms with E-state index in [1.54, 1.807) is 7.11 Å². The lowest BCUT2D eigenvalue weighted by Gasteiger charge is -2.50. The van der Waals surface area contributed by atoms with Crippen LogP contribution in [-0.4, -0.2) is 56.2 Å². The molecule has 1 N–H and O–H groups in total. The van der Waals surface area contributed by atoms with Gasteiger partial charge in [0.2, 0.25) is 5.91 Å². The molecule has 0 aromatic carbocycles. The summed E-state index contributed by atoms with van der Waals surface area (Å²) in [6.07, 6.45) is 11.5. The summed E-state index contributed by atoms with van der Waals surface area (Å²) in [4.78, 5) is 28.2. The lowest BCUT2D eigenvalue weighted by Crippen LogP contribution is -2.58. The molecule has 0 saturated carbocycles. The van der Waals surface area contributed by atoms with Crippen molar-refractivity contribution in [1.29, 1.82) is 0 Å². The second kappa shape index (κ2) is 8.74. The highest BCUT2D eigenvalue weighted by atomic mass is 16.5. The van der Waals surface area contributed by atoms with Crippen LogP contribution >= 0.6 is 0 Å². The van der Waals surface area contributed by atoms with Crippen LogP contribution in [-0.2, 0) is 19.1 Å². The van der Waals surface area contributed by atoms with Crippen LogP contribution < -0.4 is 5.32 Å². The second-order valence-corrected chi connectivity index (χ2v) is 8.49. The van der Waals surface area contributed by atoms with E-state index < -0.39 is 5.41 Å². The molecule has 6 atom stereocenters. The van der Waals surface area contributed by atoms with Gasteiger partial charge in [-0.05, 0) is 31.7 Å². The lowest BCUT2D eigenvalue weighted by atomic mass is 9.63. The third-order valence-electron chi connectivity index (χ3n) is 7.26. The number of methoxy groups -OCH3 is 2. The zero-order valence-electron chi connectivity index (χ0n) is 18.2. The molecule has 1 aliphatic carbocycles. The Morgan fingerprint density at radius 3 is 2.66 bits per heavy atom. The van der Waals surface area contributed by atoms with E-state index in [0.717, 1.165) is 25.9 Å². The van der Waals surface area contributed by atoms with Crippen LogP contribution in [0.2, 0.25) is 0 Å². The van der Waals surface area contributed by atoms with Crippen molar-refractivity contribution in [1.82, 2.24) is 10.2 Å². The van der Waals surface area contributed by atoms with Crippen LogP contribution in [0.4, 0.5) is 0 Å². The van der Waals surface area contributed by atoms with Gasteiger partial charge in [0.05, 0.1) is 37.5 Å². The number of nitrogens with one attached hydrogen (secondary N) is 1. The molecule has 0 aromatic heterocycles. The summed E-state index contributed by atoms with van der Waals surface area (Å²) in [5.41, 5.74) is 0.00736. The van der Waals surface area contributed by atoms with Crippen LogP contribution in [0.15, 0.2) is 36.1 Å². The normalized spacial score (nSPS) is 37.2. The zero-order valence-corrected chi connectivity index (χ0v) is 18.2. The van der Waals surface area contributed by atoms with E-state index in [9.17, 15) is 9.59 Å². The number of amides is 1. The number of carbonyl (C=O) groups excluding carboxylic acids is 2. The van der Waals surface area contributed by atoms with Gasteiger partial charge in [-0.1, -0.05) is 44.6 Å². The van der Waals surface area contributed by atoms with Crippen LogP contribution in [0.5, 0.6) is 0 Å². The van der Waals surface area contributed by atoms with E-state index in [2.05, 4.69) is 43.1 Å². The Labute approximate surface area is 174 Å². The summed E-state index contributed by atoms with van der Waals surface area (Å²) in [5.74, 6) is 0.143. The van der Waals surface area contributed by atoms with Crippen LogP contribution in [0.1, 0.15) is 33.6 Å². The van der Waals surface area contributed by atoms with Crippen molar-refractivity contribution in [3.8, 4) is 0 Å². The van der Waals surface area contributed by atoms with Gasteiger partial charge < -0.3 is 14.8 Å². The molecule has 2 aliphatic heterocycles. The summed E-state index contributed by atoms with van der Waals surface area (Å²) in [7, 11) is 2.96. The van der Waals surface area contributed by atoms with Crippen molar-refractivity contribution in [3.63, 3.8) is 0 Å². The minimum Gasteiger partial charge on any atom is -0.504 e. The lowest BCUT2D eigenvalue weighted by molar-refractivity contribution is -0.138. The van der Waals surface area contributed by atoms with Gasteiger partial charge >= 0.3 is 5.97 Å². The number of likely N-dealkylation sites (tertiary alicyclic amines) is 1. The van der Waals surface area contributed by atoms with E-state index in [0.29, 0.717) is 11.5 Å². The fourth-order valence-electron chi connectivity index (χ4n) is 5.59. The molecule has 0 spiro atoms. The molecule has 0 aromatic rings. The molecular weight excluding hydrogens is 368 g/mol. The Bertz CT molecular complexity index is 728. The van der Waals surface area contributed by atoms with Gasteiger partial charge in [-0.15, -0.1) is 0 Å². The van der Waals surface area contributed by atoms with Crippen molar-refractivity contribution >= 4 is 11.9 Å². The Morgan fingerprint density at radius 2 is 2.03 bits per heavy atom. The second-order valence-electron chi connectivity index (χ2n) is 8.49. The van der Waals surface area contributed by atoms with E-state index in [1.165, 1.54) is 13.4 Å². The molecule has 0 radical (unpaired) electrons. The van der Waals surface area contributed by atoms with E-state index in [-0.39, 0.29) is 35.8 Å². The molecule has 160 valence electrons. The zero-order chi connectivity index (χ0) is 21.2. The van der Waals surface area contributed by atoms with Gasteiger partial charge in [0.25, 0.3) is 0 Å². The summed E-state index contributed by atoms with van der Waals surface area (Å²) >= 11 is 0. The minimum atomic E-state index is -0.562. The molecule has 6 nitrogen and oxygen atoms in total. The quantitative estimate of drug-likeness (QED) is 0.420. The van der Waals surface area contributed by atoms with Gasteiger partial charge in [0, 0.05) is 18.5 Å². The van der Waals surface area contributed by atoms with Crippen molar-refractivity contribution in [2.45, 2.75) is 45.7 Å². The van der Waals surface area contributed by atoms with Gasteiger partial charge in [0.1, 0.15) is 0 Å². The first-order chi connectivity index (χ1) is 13.9. The first-order valence-corrected chi connectivity index (χ1v) is 10.6. The van der Waals surface area contributed by atoms with Gasteiger partial charge in [-0.3, -0.25) is 9.69 Å². The molecular formula is C23H34N2O4. The van der Waals surface area contributed by atoms with E-state index in [4.69, 9.17) is 9.47 Å². The summed E-state index contributed by atoms with van der Waals surface area (Å²) < 4.78 is 10.3. The summed E-state index contributed by atoms with van der Waals surface area (Å²) in [6, 6.07) is 0.0597. The highest BCUT2D eigenvalue weighted by Crippen LogP contribution is 2.49. The number of piperidine rings is 1. The molecule has 2 heterocycles. The molecule has 1 amide bonds. The number of nitrogens with zero attached hydrogens (tertiary/aromatic N) is 1. The largest absolute Gasteiger partial charge is 0.504 e. The Morgan fingerprint density at radius 1 is 1.31 bits per heavy atom. The van der Waals surface area contributed by atoms with Crippen LogP contribution in [0.3, 0.4) is 0 Å². The van der Waals surface area contributed by atoms with E-state index >= 15 is 0 Å². The maximum atomic E-state index is 13.2. The number of rotatable bonds is 6. The SMILES string of the molecule is CC[C@@H]1CN(CC)C([C@]2(C)C(=O)NC3C=CC=CC32)C[C@@H]1C(=COC)C(=O)OC. The number of ether oxygens (including phenoxy) is 2. The molecule has 2 fully saturated rings. The molecule has 3 unspecified atom stereocenters. The fourth-order valence-corrected chi connectivity index (χ4v) is 5.59. The van der Waals surface area contributed by atoms with Crippen molar-refractivity contribution < 1.29 is 19.1 Å². The minimum absolute atomic E-state index is 0.00742. The predicted molar refractivity (Wildman–Crippen MR) is 112 cm³/mol. The average molecular weight is 403 g/mol. The number of carbonyl (C=O) groups is 2. The Hall–Kier alpha value is -2.08. The molecule has 3 rings (SSSR count). The van der Waals surface area contributed by atoms with Crippen LogP contribution in [0, 0.1) is 23.2 Å². The Balaban J connectivity index is 2.00. The molecule has 0 bridgehead atoms. The fraction of sp³-hybridized carbons (Fsp3) is 0.652. The monoisotopic (exact) mass is 402 g/mol. The molecule has 2 saturated heterocycles. The summed E-state index contributed by atoms with van der Waals surface area (Å²) in [6.45, 7) is 8.11. The highest BCUT2D eigenvalue weighted by Gasteiger charge is 2.58. The third-order valence-corrected chi connectivity index (χ3v) is 7.26. The molecule has 6 heteroatoms. The standard InChI is InChI=1S/C23H34N2O4/c1-6-15-13-25(7-2)20(12-16(15)17(14-28-4)21(26)29-5)23(3)18-10-8-9-11-19(18)24-22(23)27/h8-11,14-16,18-20H,6-7,12-13H2,1-5H3,(H,24,27)/t15-,16+,18?,19?,20?,23-/m1/s1. The highest BCUT2D eigenvalue weighted by molar-refractivity contribution is 5.89. The van der Waals surface area contributed by atoms with Gasteiger partial charge in [-0.2, -0.15) is 0 Å². The third kappa shape index (κ3) is 3.63. The van der Waals surface area contributed by atoms with Crippen molar-refractivity contribution in [2.24, 2.45) is 23.2 Å². The first kappa shape index (κ1) is 21.6. The van der Waals surface area contributed by atoms with Crippen molar-refractivity contribution in [3.05, 3.63) is 36.1 Å². The van der Waals surface area contributed by atoms with Crippen LogP contribution in [0.25, 0.3) is 0 Å². The molecule has 3 aliphatic rings. The topological polar surface area (TPSA) is 67.9 Å². The maximum absolute atomic E-state index is 13.2. The Kier molecular flexibility index (Phi) is 6.52. The smallest absolute Gasteiger partial charge is 0.337 e. The maximum Gasteiger partial charge on any atom is 0.337 e. The average Bonchev–Trinajstić information content (AvgIpc) is 3.01.